The molecule has 1 aromatic carbocycles. The van der Waals surface area contributed by atoms with Gasteiger partial charge in [0.1, 0.15) is 24.0 Å². The normalized spacial score (nSPS) is 13.2. The van der Waals surface area contributed by atoms with Gasteiger partial charge in [0.25, 0.3) is 6.29 Å². The number of carbonyl (C=O) groups is 1. The van der Waals surface area contributed by atoms with Crippen molar-refractivity contribution >= 4 is 11.7 Å². The van der Waals surface area contributed by atoms with Gasteiger partial charge in [-0.2, -0.15) is 0 Å². The van der Waals surface area contributed by atoms with Crippen LogP contribution in [0.25, 0.3) is 0 Å². The van der Waals surface area contributed by atoms with Crippen LogP contribution in [0.5, 0.6) is 5.75 Å². The first-order valence-corrected chi connectivity index (χ1v) is 7.94. The van der Waals surface area contributed by atoms with Gasteiger partial charge < -0.3 is 29.2 Å². The van der Waals surface area contributed by atoms with E-state index in [1.165, 1.54) is 12.5 Å². The quantitative estimate of drug-likeness (QED) is 0.750. The second kappa shape index (κ2) is 7.65. The van der Waals surface area contributed by atoms with Gasteiger partial charge in [-0.25, -0.2) is 4.79 Å². The molecule has 1 aliphatic heterocycles. The molecule has 0 spiro atoms. The highest BCUT2D eigenvalue weighted by molar-refractivity contribution is 5.93. The van der Waals surface area contributed by atoms with Crippen molar-refractivity contribution in [3.63, 3.8) is 0 Å². The van der Waals surface area contributed by atoms with Crippen molar-refractivity contribution < 1.29 is 23.7 Å². The van der Waals surface area contributed by atoms with Crippen molar-refractivity contribution in [2.45, 2.75) is 19.8 Å². The summed E-state index contributed by atoms with van der Waals surface area (Å²) in [5, 5.41) is 3.25. The molecule has 0 radical (unpaired) electrons. The standard InChI is InChI=1S/C18H20N2O5/c1-3-23-17(21)16-15(6-7-19-16)20-11-12-4-5-13(22-2)10-14(12)18-24-8-9-25-18/h4-10,18-20H,3,11H2,1-2H3. The first kappa shape index (κ1) is 16.8. The average Bonchev–Trinajstić information content (AvgIpc) is 3.31. The van der Waals surface area contributed by atoms with Crippen LogP contribution in [0.4, 0.5) is 5.69 Å². The van der Waals surface area contributed by atoms with Gasteiger partial charge in [0.2, 0.25) is 0 Å². The van der Waals surface area contributed by atoms with Crippen LogP contribution in [0.3, 0.4) is 0 Å². The van der Waals surface area contributed by atoms with E-state index in [0.29, 0.717) is 30.3 Å². The largest absolute Gasteiger partial charge is 0.497 e. The summed E-state index contributed by atoms with van der Waals surface area (Å²) >= 11 is 0. The van der Waals surface area contributed by atoms with Crippen molar-refractivity contribution in [2.75, 3.05) is 19.0 Å². The molecule has 0 saturated carbocycles. The second-order valence-electron chi connectivity index (χ2n) is 5.28. The molecule has 0 fully saturated rings. The third-order valence-corrected chi connectivity index (χ3v) is 3.76. The van der Waals surface area contributed by atoms with Crippen LogP contribution in [-0.2, 0) is 20.8 Å². The lowest BCUT2D eigenvalue weighted by molar-refractivity contribution is -0.0253. The molecule has 132 valence electrons. The van der Waals surface area contributed by atoms with E-state index in [0.717, 1.165) is 11.1 Å². The molecule has 0 bridgehead atoms. The molecule has 25 heavy (non-hydrogen) atoms. The Balaban J connectivity index is 1.77. The summed E-state index contributed by atoms with van der Waals surface area (Å²) in [5.41, 5.74) is 2.88. The molecule has 1 aromatic heterocycles. The predicted octanol–water partition coefficient (Wildman–Crippen LogP) is 3.33. The Hall–Kier alpha value is -3.09. The summed E-state index contributed by atoms with van der Waals surface area (Å²) in [6.07, 6.45) is 4.19. The van der Waals surface area contributed by atoms with Crippen LogP contribution in [0.15, 0.2) is 43.0 Å². The van der Waals surface area contributed by atoms with Gasteiger partial charge in [-0.1, -0.05) is 6.07 Å². The van der Waals surface area contributed by atoms with E-state index in [-0.39, 0.29) is 0 Å². The highest BCUT2D eigenvalue weighted by atomic mass is 16.7. The van der Waals surface area contributed by atoms with Crippen molar-refractivity contribution in [2.24, 2.45) is 0 Å². The Morgan fingerprint density at radius 2 is 2.08 bits per heavy atom. The SMILES string of the molecule is CCOC(=O)c1[nH]ccc1NCc1ccc(OC)cc1C1OC=CO1. The number of anilines is 1. The van der Waals surface area contributed by atoms with E-state index in [2.05, 4.69) is 10.3 Å². The number of rotatable bonds is 7. The number of hydrogen-bond donors (Lipinski definition) is 2. The van der Waals surface area contributed by atoms with Crippen molar-refractivity contribution in [3.05, 3.63) is 59.8 Å². The molecule has 7 heteroatoms. The smallest absolute Gasteiger partial charge is 0.356 e. The van der Waals surface area contributed by atoms with Crippen molar-refractivity contribution in [1.29, 1.82) is 0 Å². The Labute approximate surface area is 145 Å². The molecule has 0 saturated heterocycles. The van der Waals surface area contributed by atoms with Crippen LogP contribution in [-0.4, -0.2) is 24.7 Å². The molecule has 0 amide bonds. The molecule has 1 aliphatic rings. The number of esters is 1. The van der Waals surface area contributed by atoms with Gasteiger partial charge in [0.05, 0.1) is 19.4 Å². The third kappa shape index (κ3) is 3.71. The van der Waals surface area contributed by atoms with Crippen LogP contribution in [0, 0.1) is 0 Å². The van der Waals surface area contributed by atoms with E-state index in [1.807, 2.05) is 18.2 Å². The summed E-state index contributed by atoms with van der Waals surface area (Å²) in [7, 11) is 1.61. The van der Waals surface area contributed by atoms with Gasteiger partial charge in [-0.3, -0.25) is 0 Å². The lowest BCUT2D eigenvalue weighted by atomic mass is 10.1. The van der Waals surface area contributed by atoms with Gasteiger partial charge in [-0.15, -0.1) is 0 Å². The topological polar surface area (TPSA) is 81.8 Å². The molecule has 0 unspecified atom stereocenters. The molecule has 2 N–H and O–H groups in total. The van der Waals surface area contributed by atoms with Crippen LogP contribution >= 0.6 is 0 Å². The fourth-order valence-electron chi connectivity index (χ4n) is 2.55. The van der Waals surface area contributed by atoms with Crippen LogP contribution in [0.2, 0.25) is 0 Å². The third-order valence-electron chi connectivity index (χ3n) is 3.76. The zero-order valence-corrected chi connectivity index (χ0v) is 14.1. The molecule has 2 heterocycles. The number of methoxy groups -OCH3 is 1. The monoisotopic (exact) mass is 344 g/mol. The number of benzene rings is 1. The lowest BCUT2D eigenvalue weighted by Gasteiger charge is -2.17. The van der Waals surface area contributed by atoms with Crippen molar-refractivity contribution in [3.8, 4) is 5.75 Å². The highest BCUT2D eigenvalue weighted by Gasteiger charge is 2.21. The van der Waals surface area contributed by atoms with Crippen LogP contribution < -0.4 is 10.1 Å². The van der Waals surface area contributed by atoms with Gasteiger partial charge in [0.15, 0.2) is 0 Å². The van der Waals surface area contributed by atoms with Gasteiger partial charge in [0, 0.05) is 18.3 Å². The molecule has 7 nitrogen and oxygen atoms in total. The van der Waals surface area contributed by atoms with Crippen molar-refractivity contribution in [1.82, 2.24) is 4.98 Å². The van der Waals surface area contributed by atoms with Gasteiger partial charge in [-0.05, 0) is 30.7 Å². The maximum atomic E-state index is 11.9. The number of nitrogens with one attached hydrogen (secondary N) is 2. The first-order valence-electron chi connectivity index (χ1n) is 7.94. The summed E-state index contributed by atoms with van der Waals surface area (Å²) in [4.78, 5) is 14.8. The van der Waals surface area contributed by atoms with Gasteiger partial charge >= 0.3 is 5.97 Å². The van der Waals surface area contributed by atoms with E-state index >= 15 is 0 Å². The number of ether oxygens (including phenoxy) is 4. The number of hydrogen-bond acceptors (Lipinski definition) is 6. The summed E-state index contributed by atoms with van der Waals surface area (Å²) in [5.74, 6) is 0.323. The van der Waals surface area contributed by atoms with E-state index in [4.69, 9.17) is 18.9 Å². The van der Waals surface area contributed by atoms with E-state index in [9.17, 15) is 4.79 Å². The van der Waals surface area contributed by atoms with Crippen LogP contribution in [0.1, 0.15) is 34.8 Å². The minimum Gasteiger partial charge on any atom is -0.497 e. The average molecular weight is 344 g/mol. The minimum atomic E-state index is -0.511. The number of H-pyrrole nitrogens is 1. The fraction of sp³-hybridized carbons (Fsp3) is 0.278. The number of carbonyl (C=O) groups excluding carboxylic acids is 1. The number of aromatic amines is 1. The molecule has 3 rings (SSSR count). The Morgan fingerprint density at radius 3 is 2.80 bits per heavy atom. The minimum absolute atomic E-state index is 0.323. The molecular weight excluding hydrogens is 324 g/mol. The maximum Gasteiger partial charge on any atom is 0.356 e. The summed E-state index contributed by atoms with van der Waals surface area (Å²) in [6.45, 7) is 2.57. The molecule has 0 aliphatic carbocycles. The second-order valence-corrected chi connectivity index (χ2v) is 5.28. The maximum absolute atomic E-state index is 11.9. The fourth-order valence-corrected chi connectivity index (χ4v) is 2.55. The zero-order valence-electron chi connectivity index (χ0n) is 14.1. The molecule has 0 atom stereocenters. The predicted molar refractivity (Wildman–Crippen MR) is 91.1 cm³/mol. The Bertz CT molecular complexity index is 761. The molecule has 2 aromatic rings. The number of aromatic nitrogens is 1. The van der Waals surface area contributed by atoms with E-state index in [1.54, 1.807) is 26.3 Å². The van der Waals surface area contributed by atoms with E-state index < -0.39 is 12.3 Å². The first-order chi connectivity index (χ1) is 12.2. The Kier molecular flexibility index (Phi) is 5.13. The summed E-state index contributed by atoms with van der Waals surface area (Å²) < 4.78 is 21.2. The Morgan fingerprint density at radius 1 is 1.28 bits per heavy atom. The summed E-state index contributed by atoms with van der Waals surface area (Å²) in [6, 6.07) is 7.47. The lowest BCUT2D eigenvalue weighted by Crippen LogP contribution is -2.11. The highest BCUT2D eigenvalue weighted by Crippen LogP contribution is 2.30. The zero-order chi connectivity index (χ0) is 17.6. The molecular formula is C18H20N2O5.